The van der Waals surface area contributed by atoms with Crippen molar-refractivity contribution in [3.05, 3.63) is 59.7 Å². The maximum absolute atomic E-state index is 12.2. The normalized spacial score (nSPS) is 12.0. The second kappa shape index (κ2) is 30.4. The molecular weight excluding hydrogens is 841 g/mol. The Kier molecular flexibility index (Phi) is 27.8. The zero-order chi connectivity index (χ0) is 40.8. The van der Waals surface area contributed by atoms with Gasteiger partial charge < -0.3 is 18.9 Å². The van der Waals surface area contributed by atoms with E-state index in [2.05, 4.69) is 0 Å². The second-order valence-corrected chi connectivity index (χ2v) is 15.2. The van der Waals surface area contributed by atoms with E-state index in [9.17, 15) is 35.9 Å². The lowest BCUT2D eigenvalue weighted by atomic mass is 10.1. The average Bonchev–Trinajstić information content (AvgIpc) is 3.12. The highest BCUT2D eigenvalue weighted by molar-refractivity contribution is 14.1. The highest BCUT2D eigenvalue weighted by atomic mass is 127. The number of esters is 2. The fourth-order valence-electron chi connectivity index (χ4n) is 5.55. The molecule has 0 spiro atoms. The van der Waals surface area contributed by atoms with E-state index in [0.29, 0.717) is 50.4 Å². The molecule has 13 heteroatoms. The Hall–Kier alpha value is -2.71. The first-order chi connectivity index (χ1) is 26.2. The number of hydrogen-bond acceptors (Lipinski definition) is 6. The summed E-state index contributed by atoms with van der Waals surface area (Å²) in [5, 5.41) is 0. The van der Waals surface area contributed by atoms with E-state index < -0.39 is 25.2 Å². The van der Waals surface area contributed by atoms with Crippen LogP contribution in [0.3, 0.4) is 0 Å². The fraction of sp³-hybridized carbons (Fsp3) is 0.667. The molecule has 0 aliphatic carbocycles. The molecule has 1 atom stereocenters. The quantitative estimate of drug-likeness (QED) is 0.0279. The molecular formula is C42H61F6IO6. The SMILES string of the molecule is CCOC(=O)c1ccc(OCCCCCCCCCC(I)CC(F)(F)F)cc1.CCOC(=O)c1ccc(OCCCCCCCCCCCC(F)(F)F)cc1. The Morgan fingerprint density at radius 2 is 0.873 bits per heavy atom. The lowest BCUT2D eigenvalue weighted by Crippen LogP contribution is -2.14. The average molecular weight is 903 g/mol. The zero-order valence-corrected chi connectivity index (χ0v) is 34.7. The van der Waals surface area contributed by atoms with Crippen LogP contribution in [0.25, 0.3) is 0 Å². The second-order valence-electron chi connectivity index (χ2n) is 13.4. The first-order valence-electron chi connectivity index (χ1n) is 19.8. The van der Waals surface area contributed by atoms with Crippen molar-refractivity contribution in [3.8, 4) is 11.5 Å². The Morgan fingerprint density at radius 3 is 1.22 bits per heavy atom. The number of ether oxygens (including phenoxy) is 4. The summed E-state index contributed by atoms with van der Waals surface area (Å²) in [6.45, 7) is 5.52. The number of carbonyl (C=O) groups is 2. The molecule has 6 nitrogen and oxygen atoms in total. The Morgan fingerprint density at radius 1 is 0.527 bits per heavy atom. The lowest BCUT2D eigenvalue weighted by Gasteiger charge is -2.12. The van der Waals surface area contributed by atoms with Gasteiger partial charge in [0.05, 0.1) is 44.0 Å². The number of unbranched alkanes of at least 4 members (excludes halogenated alkanes) is 14. The van der Waals surface area contributed by atoms with Gasteiger partial charge in [0, 0.05) is 10.3 Å². The Balaban J connectivity index is 0.000000550. The van der Waals surface area contributed by atoms with Crippen LogP contribution >= 0.6 is 22.6 Å². The summed E-state index contributed by atoms with van der Waals surface area (Å²) in [6, 6.07) is 13.9. The van der Waals surface area contributed by atoms with Crippen molar-refractivity contribution in [2.24, 2.45) is 0 Å². The van der Waals surface area contributed by atoms with Crippen LogP contribution in [0.1, 0.15) is 157 Å². The van der Waals surface area contributed by atoms with E-state index in [1.807, 2.05) is 22.6 Å². The first kappa shape index (κ1) is 50.3. The topological polar surface area (TPSA) is 71.1 Å². The van der Waals surface area contributed by atoms with Crippen LogP contribution in [0, 0.1) is 0 Å². The predicted octanol–water partition coefficient (Wildman–Crippen LogP) is 13.8. The number of halogens is 7. The molecule has 0 aromatic heterocycles. The minimum Gasteiger partial charge on any atom is -0.494 e. The summed E-state index contributed by atoms with van der Waals surface area (Å²) in [7, 11) is 0. The van der Waals surface area contributed by atoms with Crippen LogP contribution in [-0.4, -0.2) is 54.6 Å². The molecule has 0 saturated heterocycles. The van der Waals surface area contributed by atoms with Crippen molar-refractivity contribution in [1.29, 1.82) is 0 Å². The Bertz CT molecular complexity index is 1260. The summed E-state index contributed by atoms with van der Waals surface area (Å²) in [5.41, 5.74) is 1.03. The molecule has 2 aromatic rings. The van der Waals surface area contributed by atoms with Gasteiger partial charge in [-0.3, -0.25) is 0 Å². The van der Waals surface area contributed by atoms with Gasteiger partial charge >= 0.3 is 24.3 Å². The van der Waals surface area contributed by atoms with Gasteiger partial charge in [-0.05, 0) is 88.1 Å². The van der Waals surface area contributed by atoms with Gasteiger partial charge in [-0.25, -0.2) is 9.59 Å². The van der Waals surface area contributed by atoms with Crippen molar-refractivity contribution < 1.29 is 54.9 Å². The molecule has 0 amide bonds. The maximum atomic E-state index is 12.2. The third-order valence-electron chi connectivity index (χ3n) is 8.49. The molecule has 55 heavy (non-hydrogen) atoms. The van der Waals surface area contributed by atoms with Crippen molar-refractivity contribution in [2.45, 2.75) is 152 Å². The van der Waals surface area contributed by atoms with Gasteiger partial charge in [0.2, 0.25) is 0 Å². The van der Waals surface area contributed by atoms with E-state index in [0.717, 1.165) is 101 Å². The van der Waals surface area contributed by atoms with E-state index in [1.165, 1.54) is 0 Å². The highest BCUT2D eigenvalue weighted by Gasteiger charge is 2.30. The van der Waals surface area contributed by atoms with Crippen LogP contribution in [0.15, 0.2) is 48.5 Å². The van der Waals surface area contributed by atoms with Gasteiger partial charge in [0.25, 0.3) is 0 Å². The number of carbonyl (C=O) groups excluding carboxylic acids is 2. The van der Waals surface area contributed by atoms with Crippen molar-refractivity contribution in [1.82, 2.24) is 0 Å². The summed E-state index contributed by atoms with van der Waals surface area (Å²) in [5.74, 6) is 0.815. The first-order valence-corrected chi connectivity index (χ1v) is 21.1. The molecule has 0 N–H and O–H groups in total. The molecule has 0 radical (unpaired) electrons. The van der Waals surface area contributed by atoms with Crippen molar-refractivity contribution >= 4 is 34.5 Å². The van der Waals surface area contributed by atoms with Gasteiger partial charge in [-0.15, -0.1) is 0 Å². The van der Waals surface area contributed by atoms with Crippen LogP contribution in [0.5, 0.6) is 11.5 Å². The van der Waals surface area contributed by atoms with E-state index in [1.54, 1.807) is 62.4 Å². The minimum atomic E-state index is -4.04. The molecule has 1 unspecified atom stereocenters. The zero-order valence-electron chi connectivity index (χ0n) is 32.6. The fourth-order valence-corrected chi connectivity index (χ4v) is 6.49. The van der Waals surface area contributed by atoms with Gasteiger partial charge in [0.15, 0.2) is 0 Å². The largest absolute Gasteiger partial charge is 0.494 e. The number of rotatable bonds is 28. The minimum absolute atomic E-state index is 0.252. The molecule has 2 aromatic carbocycles. The number of alkyl halides is 7. The van der Waals surface area contributed by atoms with Gasteiger partial charge in [-0.2, -0.15) is 26.3 Å². The van der Waals surface area contributed by atoms with Gasteiger partial charge in [-0.1, -0.05) is 106 Å². The van der Waals surface area contributed by atoms with Crippen molar-refractivity contribution in [3.63, 3.8) is 0 Å². The predicted molar refractivity (Wildman–Crippen MR) is 213 cm³/mol. The van der Waals surface area contributed by atoms with E-state index in [4.69, 9.17) is 18.9 Å². The Labute approximate surface area is 337 Å². The molecule has 0 aliphatic heterocycles. The summed E-state index contributed by atoms with van der Waals surface area (Å²) in [4.78, 5) is 23.1. The van der Waals surface area contributed by atoms with Crippen molar-refractivity contribution in [2.75, 3.05) is 26.4 Å². The molecule has 314 valence electrons. The molecule has 0 heterocycles. The third kappa shape index (κ3) is 29.2. The lowest BCUT2D eigenvalue weighted by molar-refractivity contribution is -0.136. The summed E-state index contributed by atoms with van der Waals surface area (Å²) in [6.07, 6.45) is 6.64. The standard InChI is InChI=1S/C21H30F3IO3.C21H31F3O3/c1-2-27-20(26)17-11-13-19(14-12-17)28-15-9-7-5-3-4-6-8-10-18(25)16-21(22,23)24;1-2-26-20(25)18-12-14-19(15-13-18)27-17-11-9-7-5-3-4-6-8-10-16-21(22,23)24/h11-14,18H,2-10,15-16H2,1H3;12-15H,2-11,16-17H2,1H3. The third-order valence-corrected chi connectivity index (χ3v) is 9.55. The van der Waals surface area contributed by atoms with E-state index >= 15 is 0 Å². The van der Waals surface area contributed by atoms with Crippen LogP contribution in [0.4, 0.5) is 26.3 Å². The van der Waals surface area contributed by atoms with Crippen LogP contribution in [0.2, 0.25) is 0 Å². The maximum Gasteiger partial charge on any atom is 0.390 e. The smallest absolute Gasteiger partial charge is 0.390 e. The van der Waals surface area contributed by atoms with Crippen LogP contribution < -0.4 is 9.47 Å². The molecule has 2 rings (SSSR count). The van der Waals surface area contributed by atoms with E-state index in [-0.39, 0.29) is 22.3 Å². The molecule has 0 aliphatic rings. The summed E-state index contributed by atoms with van der Waals surface area (Å²) >= 11 is 1.91. The highest BCUT2D eigenvalue weighted by Crippen LogP contribution is 2.28. The molecule has 0 saturated carbocycles. The summed E-state index contributed by atoms with van der Waals surface area (Å²) < 4.78 is 93.6. The monoisotopic (exact) mass is 902 g/mol. The number of hydrogen-bond donors (Lipinski definition) is 0. The molecule has 0 bridgehead atoms. The number of benzene rings is 2. The molecule has 0 fully saturated rings. The van der Waals surface area contributed by atoms with Gasteiger partial charge in [0.1, 0.15) is 11.5 Å². The van der Waals surface area contributed by atoms with Crippen LogP contribution in [-0.2, 0) is 9.47 Å².